The maximum Gasteiger partial charge on any atom is 0.573 e. The highest BCUT2D eigenvalue weighted by Gasteiger charge is 2.32. The maximum absolute atomic E-state index is 12.1. The molecule has 2 N–H and O–H groups in total. The highest BCUT2D eigenvalue weighted by atomic mass is 19.4. The largest absolute Gasteiger partial charge is 0.573 e. The molecule has 18 heavy (non-hydrogen) atoms. The number of rotatable bonds is 2. The van der Waals surface area contributed by atoms with Crippen LogP contribution in [0.15, 0.2) is 18.2 Å². The summed E-state index contributed by atoms with van der Waals surface area (Å²) in [4.78, 5) is 0. The summed E-state index contributed by atoms with van der Waals surface area (Å²) >= 11 is 0. The zero-order chi connectivity index (χ0) is 13.2. The number of ether oxygens (including phenoxy) is 2. The number of alkyl halides is 3. The van der Waals surface area contributed by atoms with E-state index in [-0.39, 0.29) is 11.4 Å². The Hall–Kier alpha value is -1.43. The molecule has 1 aliphatic heterocycles. The van der Waals surface area contributed by atoms with E-state index in [9.17, 15) is 13.2 Å². The molecule has 1 aromatic rings. The fourth-order valence-corrected chi connectivity index (χ4v) is 2.07. The molecule has 1 aliphatic rings. The Morgan fingerprint density at radius 2 is 1.89 bits per heavy atom. The first kappa shape index (κ1) is 13.0. The lowest BCUT2D eigenvalue weighted by Gasteiger charge is -2.23. The fraction of sp³-hybridized carbons (Fsp3) is 0.500. The number of hydrogen-bond acceptors (Lipinski definition) is 3. The molecule has 1 saturated heterocycles. The predicted molar refractivity (Wildman–Crippen MR) is 60.3 cm³/mol. The smallest absolute Gasteiger partial charge is 0.404 e. The summed E-state index contributed by atoms with van der Waals surface area (Å²) in [6.45, 7) is 1.34. The number of nitrogens with two attached hydrogens (primary N) is 1. The maximum atomic E-state index is 12.1. The van der Waals surface area contributed by atoms with Crippen molar-refractivity contribution in [2.45, 2.75) is 25.1 Å². The van der Waals surface area contributed by atoms with Gasteiger partial charge in [-0.3, -0.25) is 0 Å². The second-order valence-electron chi connectivity index (χ2n) is 4.23. The van der Waals surface area contributed by atoms with Gasteiger partial charge in [0.15, 0.2) is 5.75 Å². The lowest BCUT2D eigenvalue weighted by atomic mass is 9.91. The summed E-state index contributed by atoms with van der Waals surface area (Å²) < 4.78 is 45.3. The van der Waals surface area contributed by atoms with E-state index < -0.39 is 6.36 Å². The molecular weight excluding hydrogens is 247 g/mol. The first-order valence-corrected chi connectivity index (χ1v) is 5.68. The van der Waals surface area contributed by atoms with Crippen molar-refractivity contribution in [3.05, 3.63) is 23.8 Å². The second-order valence-corrected chi connectivity index (χ2v) is 4.23. The van der Waals surface area contributed by atoms with Crippen LogP contribution in [-0.4, -0.2) is 19.6 Å². The zero-order valence-electron chi connectivity index (χ0n) is 9.67. The van der Waals surface area contributed by atoms with Gasteiger partial charge >= 0.3 is 6.36 Å². The average molecular weight is 261 g/mol. The first-order chi connectivity index (χ1) is 8.46. The third kappa shape index (κ3) is 3.29. The lowest BCUT2D eigenvalue weighted by Crippen LogP contribution is -2.18. The van der Waals surface area contributed by atoms with Crippen molar-refractivity contribution in [2.24, 2.45) is 0 Å². The van der Waals surface area contributed by atoms with Crippen molar-refractivity contribution in [3.8, 4) is 5.75 Å². The Labute approximate surface area is 103 Å². The molecule has 0 atom stereocenters. The van der Waals surface area contributed by atoms with Crippen LogP contribution in [0, 0.1) is 0 Å². The van der Waals surface area contributed by atoms with Crippen LogP contribution >= 0.6 is 0 Å². The van der Waals surface area contributed by atoms with Crippen molar-refractivity contribution in [1.82, 2.24) is 0 Å². The SMILES string of the molecule is Nc1cc(C2CCOCC2)ccc1OC(F)(F)F. The van der Waals surface area contributed by atoms with Gasteiger partial charge in [-0.2, -0.15) is 0 Å². The van der Waals surface area contributed by atoms with Gasteiger partial charge < -0.3 is 15.2 Å². The molecule has 0 spiro atoms. The predicted octanol–water partition coefficient (Wildman–Crippen LogP) is 3.06. The Morgan fingerprint density at radius 3 is 2.44 bits per heavy atom. The van der Waals surface area contributed by atoms with Crippen LogP contribution in [0.3, 0.4) is 0 Å². The van der Waals surface area contributed by atoms with Crippen molar-refractivity contribution in [2.75, 3.05) is 18.9 Å². The van der Waals surface area contributed by atoms with Crippen LogP contribution in [-0.2, 0) is 4.74 Å². The molecule has 0 bridgehead atoms. The van der Waals surface area contributed by atoms with E-state index in [4.69, 9.17) is 10.5 Å². The summed E-state index contributed by atoms with van der Waals surface area (Å²) in [5, 5.41) is 0. The topological polar surface area (TPSA) is 44.5 Å². The van der Waals surface area contributed by atoms with E-state index in [1.165, 1.54) is 6.07 Å². The van der Waals surface area contributed by atoms with Crippen LogP contribution in [0.25, 0.3) is 0 Å². The van der Waals surface area contributed by atoms with Crippen LogP contribution in [0.1, 0.15) is 24.3 Å². The number of benzene rings is 1. The fourth-order valence-electron chi connectivity index (χ4n) is 2.07. The summed E-state index contributed by atoms with van der Waals surface area (Å²) in [7, 11) is 0. The zero-order valence-corrected chi connectivity index (χ0v) is 9.67. The molecule has 0 radical (unpaired) electrons. The molecule has 100 valence electrons. The molecule has 0 amide bonds. The van der Waals surface area contributed by atoms with Gasteiger partial charge in [-0.05, 0) is 36.5 Å². The van der Waals surface area contributed by atoms with Gasteiger partial charge in [0.05, 0.1) is 5.69 Å². The molecule has 6 heteroatoms. The normalized spacial score (nSPS) is 17.7. The number of anilines is 1. The van der Waals surface area contributed by atoms with Crippen LogP contribution in [0.5, 0.6) is 5.75 Å². The van der Waals surface area contributed by atoms with Crippen molar-refractivity contribution < 1.29 is 22.6 Å². The highest BCUT2D eigenvalue weighted by molar-refractivity contribution is 5.55. The van der Waals surface area contributed by atoms with E-state index in [0.717, 1.165) is 18.4 Å². The van der Waals surface area contributed by atoms with Crippen LogP contribution < -0.4 is 10.5 Å². The molecule has 3 nitrogen and oxygen atoms in total. The molecule has 2 rings (SSSR count). The van der Waals surface area contributed by atoms with Crippen molar-refractivity contribution >= 4 is 5.69 Å². The summed E-state index contributed by atoms with van der Waals surface area (Å²) in [6, 6.07) is 4.46. The highest BCUT2D eigenvalue weighted by Crippen LogP contribution is 2.33. The van der Waals surface area contributed by atoms with Gasteiger partial charge in [0.1, 0.15) is 0 Å². The quantitative estimate of drug-likeness (QED) is 0.832. The van der Waals surface area contributed by atoms with Crippen LogP contribution in [0.2, 0.25) is 0 Å². The van der Waals surface area contributed by atoms with E-state index in [1.807, 2.05) is 0 Å². The van der Waals surface area contributed by atoms with Crippen LogP contribution in [0.4, 0.5) is 18.9 Å². The first-order valence-electron chi connectivity index (χ1n) is 5.68. The summed E-state index contributed by atoms with van der Waals surface area (Å²) in [5.74, 6) is -0.0562. The molecule has 1 fully saturated rings. The third-order valence-corrected chi connectivity index (χ3v) is 2.95. The Balaban J connectivity index is 2.13. The number of halogens is 3. The minimum Gasteiger partial charge on any atom is -0.404 e. The van der Waals surface area contributed by atoms with Gasteiger partial charge in [-0.15, -0.1) is 13.2 Å². The molecule has 0 unspecified atom stereocenters. The molecule has 1 heterocycles. The number of nitrogen functional groups attached to an aromatic ring is 1. The molecular formula is C12H14F3NO2. The minimum atomic E-state index is -4.71. The minimum absolute atomic E-state index is 0.0105. The molecule has 1 aromatic carbocycles. The van der Waals surface area contributed by atoms with Gasteiger partial charge in [0.2, 0.25) is 0 Å². The Kier molecular flexibility index (Phi) is 3.65. The van der Waals surface area contributed by atoms with E-state index >= 15 is 0 Å². The van der Waals surface area contributed by atoms with Gasteiger partial charge in [0.25, 0.3) is 0 Å². The number of hydrogen-bond donors (Lipinski definition) is 1. The van der Waals surface area contributed by atoms with Crippen molar-refractivity contribution in [1.29, 1.82) is 0 Å². The summed E-state index contributed by atoms with van der Waals surface area (Å²) in [5.41, 5.74) is 6.52. The van der Waals surface area contributed by atoms with Gasteiger partial charge in [0, 0.05) is 13.2 Å². The van der Waals surface area contributed by atoms with Gasteiger partial charge in [-0.1, -0.05) is 6.07 Å². The van der Waals surface area contributed by atoms with E-state index in [2.05, 4.69) is 4.74 Å². The summed E-state index contributed by atoms with van der Waals surface area (Å²) in [6.07, 6.45) is -2.99. The average Bonchev–Trinajstić information content (AvgIpc) is 2.31. The molecule has 0 saturated carbocycles. The standard InChI is InChI=1S/C12H14F3NO2/c13-12(14,15)18-11-2-1-9(7-10(11)16)8-3-5-17-6-4-8/h1-2,7-8H,3-6,16H2. The monoisotopic (exact) mass is 261 g/mol. The Morgan fingerprint density at radius 1 is 1.22 bits per heavy atom. The lowest BCUT2D eigenvalue weighted by molar-refractivity contribution is -0.274. The Bertz CT molecular complexity index is 414. The van der Waals surface area contributed by atoms with E-state index in [0.29, 0.717) is 19.1 Å². The molecule has 0 aromatic heterocycles. The van der Waals surface area contributed by atoms with Gasteiger partial charge in [-0.25, -0.2) is 0 Å². The van der Waals surface area contributed by atoms with Crippen molar-refractivity contribution in [3.63, 3.8) is 0 Å². The van der Waals surface area contributed by atoms with E-state index in [1.54, 1.807) is 12.1 Å². The third-order valence-electron chi connectivity index (χ3n) is 2.95. The molecule has 0 aliphatic carbocycles. The second kappa shape index (κ2) is 5.06.